The minimum Gasteiger partial charge on any atom is -0.368 e. The van der Waals surface area contributed by atoms with Crippen molar-refractivity contribution in [3.63, 3.8) is 0 Å². The third-order valence-corrected chi connectivity index (χ3v) is 3.04. The van der Waals surface area contributed by atoms with Crippen LogP contribution in [0.3, 0.4) is 0 Å². The first-order valence-electron chi connectivity index (χ1n) is 5.69. The second-order valence-electron chi connectivity index (χ2n) is 4.29. The molecule has 10 heteroatoms. The van der Waals surface area contributed by atoms with Gasteiger partial charge in [-0.15, -0.1) is 5.10 Å². The highest BCUT2D eigenvalue weighted by Crippen LogP contribution is 2.19. The van der Waals surface area contributed by atoms with Gasteiger partial charge in [-0.25, -0.2) is 4.68 Å². The Bertz CT molecular complexity index is 532. The van der Waals surface area contributed by atoms with E-state index in [4.69, 9.17) is 11.5 Å². The summed E-state index contributed by atoms with van der Waals surface area (Å²) in [4.78, 5) is 11.7. The fourth-order valence-corrected chi connectivity index (χ4v) is 2.15. The maximum absolute atomic E-state index is 5.51. The molecule has 0 amide bonds. The predicted molar refractivity (Wildman–Crippen MR) is 70.9 cm³/mol. The van der Waals surface area contributed by atoms with Crippen LogP contribution in [0.4, 0.5) is 11.9 Å². The minimum absolute atomic E-state index is 0.116. The summed E-state index contributed by atoms with van der Waals surface area (Å²) in [6.45, 7) is 4.96. The monoisotopic (exact) mass is 281 g/mol. The van der Waals surface area contributed by atoms with Gasteiger partial charge in [-0.2, -0.15) is 15.0 Å². The molecule has 4 N–H and O–H groups in total. The predicted octanol–water partition coefficient (Wildman–Crippen LogP) is -0.0292. The molecular weight excluding hydrogens is 266 g/mol. The average molecular weight is 281 g/mol. The lowest BCUT2D eigenvalue weighted by molar-refractivity contribution is 0.445. The lowest BCUT2D eigenvalue weighted by Crippen LogP contribution is -2.08. The van der Waals surface area contributed by atoms with Gasteiger partial charge in [0.05, 0.1) is 5.75 Å². The molecule has 0 fully saturated rings. The molecule has 9 nitrogen and oxygen atoms in total. The molecule has 0 atom stereocenters. The Morgan fingerprint density at radius 3 is 2.47 bits per heavy atom. The summed E-state index contributed by atoms with van der Waals surface area (Å²) in [5, 5.41) is 12.3. The molecule has 2 aromatic rings. The SMILES string of the molecule is CC(C)Cn1nnnc1SCc1nc(N)nc(N)n1. The average Bonchev–Trinajstić information content (AvgIpc) is 2.71. The van der Waals surface area contributed by atoms with Crippen molar-refractivity contribution in [3.05, 3.63) is 5.82 Å². The van der Waals surface area contributed by atoms with Crippen LogP contribution >= 0.6 is 11.8 Å². The van der Waals surface area contributed by atoms with Crippen LogP contribution in [0.2, 0.25) is 0 Å². The minimum atomic E-state index is 0.116. The lowest BCUT2D eigenvalue weighted by Gasteiger charge is -2.06. The number of hydrogen-bond acceptors (Lipinski definition) is 9. The van der Waals surface area contributed by atoms with Gasteiger partial charge >= 0.3 is 0 Å². The van der Waals surface area contributed by atoms with Crippen molar-refractivity contribution >= 4 is 23.7 Å². The molecule has 0 aliphatic rings. The van der Waals surface area contributed by atoms with E-state index in [1.54, 1.807) is 4.68 Å². The molecule has 0 aliphatic heterocycles. The number of tetrazole rings is 1. The van der Waals surface area contributed by atoms with Gasteiger partial charge < -0.3 is 11.5 Å². The molecule has 102 valence electrons. The van der Waals surface area contributed by atoms with Crippen LogP contribution in [0, 0.1) is 5.92 Å². The Morgan fingerprint density at radius 2 is 1.84 bits per heavy atom. The van der Waals surface area contributed by atoms with Gasteiger partial charge in [0.15, 0.2) is 0 Å². The standard InChI is InChI=1S/C9H15N9S/c1-5(2)3-18-9(15-16-17-18)19-4-6-12-7(10)14-8(11)13-6/h5H,3-4H2,1-2H3,(H4,10,11,12,13,14). The summed E-state index contributed by atoms with van der Waals surface area (Å²) >= 11 is 1.43. The first-order chi connectivity index (χ1) is 9.04. The van der Waals surface area contributed by atoms with E-state index in [9.17, 15) is 0 Å². The molecule has 0 spiro atoms. The highest BCUT2D eigenvalue weighted by molar-refractivity contribution is 7.98. The van der Waals surface area contributed by atoms with Crippen molar-refractivity contribution in [1.82, 2.24) is 35.2 Å². The Balaban J connectivity index is 2.04. The third-order valence-electron chi connectivity index (χ3n) is 2.08. The summed E-state index contributed by atoms with van der Waals surface area (Å²) in [5.74, 6) is 1.69. The van der Waals surface area contributed by atoms with Crippen molar-refractivity contribution in [3.8, 4) is 0 Å². The van der Waals surface area contributed by atoms with E-state index in [1.807, 2.05) is 0 Å². The summed E-state index contributed by atoms with van der Waals surface area (Å²) in [6.07, 6.45) is 0. The van der Waals surface area contributed by atoms with Crippen LogP contribution in [0.25, 0.3) is 0 Å². The first kappa shape index (κ1) is 13.5. The van der Waals surface area contributed by atoms with Gasteiger partial charge in [-0.3, -0.25) is 0 Å². The molecule has 2 rings (SSSR count). The molecule has 2 aromatic heterocycles. The van der Waals surface area contributed by atoms with E-state index >= 15 is 0 Å². The van der Waals surface area contributed by atoms with Gasteiger partial charge in [-0.05, 0) is 16.3 Å². The number of rotatable bonds is 5. The lowest BCUT2D eigenvalue weighted by atomic mass is 10.2. The topological polar surface area (TPSA) is 134 Å². The second kappa shape index (κ2) is 5.78. The maximum atomic E-state index is 5.51. The number of anilines is 2. The summed E-state index contributed by atoms with van der Waals surface area (Å²) in [5.41, 5.74) is 11.0. The fraction of sp³-hybridized carbons (Fsp3) is 0.556. The van der Waals surface area contributed by atoms with Gasteiger partial charge in [0.1, 0.15) is 5.82 Å². The largest absolute Gasteiger partial charge is 0.368 e. The number of thioether (sulfide) groups is 1. The molecule has 19 heavy (non-hydrogen) atoms. The quantitative estimate of drug-likeness (QED) is 0.724. The maximum Gasteiger partial charge on any atom is 0.225 e. The smallest absolute Gasteiger partial charge is 0.225 e. The highest BCUT2D eigenvalue weighted by atomic mass is 32.2. The van der Waals surface area contributed by atoms with Gasteiger partial charge in [0, 0.05) is 6.54 Å². The number of nitrogens with two attached hydrogens (primary N) is 2. The number of nitrogens with zero attached hydrogens (tertiary/aromatic N) is 7. The van der Waals surface area contributed by atoms with Crippen LogP contribution in [-0.4, -0.2) is 35.2 Å². The molecule has 0 saturated heterocycles. The van der Waals surface area contributed by atoms with Gasteiger partial charge in [-0.1, -0.05) is 25.6 Å². The van der Waals surface area contributed by atoms with E-state index in [0.29, 0.717) is 22.7 Å². The number of aromatic nitrogens is 7. The third kappa shape index (κ3) is 3.74. The molecular formula is C9H15N9S. The van der Waals surface area contributed by atoms with E-state index in [1.165, 1.54) is 11.8 Å². The summed E-state index contributed by atoms with van der Waals surface area (Å²) in [7, 11) is 0. The molecule has 0 bridgehead atoms. The Kier molecular flexibility index (Phi) is 4.10. The van der Waals surface area contributed by atoms with Gasteiger partial charge in [0.25, 0.3) is 0 Å². The zero-order valence-electron chi connectivity index (χ0n) is 10.7. The van der Waals surface area contributed by atoms with Gasteiger partial charge in [0.2, 0.25) is 17.1 Å². The van der Waals surface area contributed by atoms with Crippen molar-refractivity contribution in [2.45, 2.75) is 31.3 Å². The van der Waals surface area contributed by atoms with Crippen molar-refractivity contribution in [2.24, 2.45) is 5.92 Å². The molecule has 0 unspecified atom stereocenters. The highest BCUT2D eigenvalue weighted by Gasteiger charge is 2.10. The fourth-order valence-electron chi connectivity index (χ4n) is 1.41. The van der Waals surface area contributed by atoms with E-state index in [-0.39, 0.29) is 11.9 Å². The van der Waals surface area contributed by atoms with Crippen LogP contribution in [0.15, 0.2) is 5.16 Å². The van der Waals surface area contributed by atoms with Crippen LogP contribution < -0.4 is 11.5 Å². The Labute approximate surface area is 114 Å². The Hall–Kier alpha value is -1.97. The zero-order chi connectivity index (χ0) is 13.8. The van der Waals surface area contributed by atoms with Crippen LogP contribution in [-0.2, 0) is 12.3 Å². The first-order valence-corrected chi connectivity index (χ1v) is 6.68. The van der Waals surface area contributed by atoms with E-state index < -0.39 is 0 Å². The molecule has 0 aliphatic carbocycles. The van der Waals surface area contributed by atoms with E-state index in [2.05, 4.69) is 44.3 Å². The van der Waals surface area contributed by atoms with Crippen molar-refractivity contribution in [2.75, 3.05) is 11.5 Å². The van der Waals surface area contributed by atoms with E-state index in [0.717, 1.165) is 6.54 Å². The Morgan fingerprint density at radius 1 is 1.16 bits per heavy atom. The zero-order valence-corrected chi connectivity index (χ0v) is 11.5. The molecule has 0 radical (unpaired) electrons. The van der Waals surface area contributed by atoms with Crippen LogP contribution in [0.1, 0.15) is 19.7 Å². The number of hydrogen-bond donors (Lipinski definition) is 2. The summed E-state index contributed by atoms with van der Waals surface area (Å²) in [6, 6.07) is 0. The van der Waals surface area contributed by atoms with Crippen LogP contribution in [0.5, 0.6) is 0 Å². The van der Waals surface area contributed by atoms with Crippen molar-refractivity contribution < 1.29 is 0 Å². The molecule has 2 heterocycles. The van der Waals surface area contributed by atoms with Crippen molar-refractivity contribution in [1.29, 1.82) is 0 Å². The molecule has 0 saturated carbocycles. The summed E-state index contributed by atoms with van der Waals surface area (Å²) < 4.78 is 1.75. The normalized spacial score (nSPS) is 11.1. The second-order valence-corrected chi connectivity index (χ2v) is 5.24. The number of nitrogen functional groups attached to an aromatic ring is 2. The molecule has 0 aromatic carbocycles.